The number of halogens is 1. The maximum absolute atomic E-state index is 11.1. The Hall–Kier alpha value is -0.590. The average Bonchev–Trinajstić information content (AvgIpc) is 2.32. The lowest BCUT2D eigenvalue weighted by Crippen LogP contribution is -2.14. The molecule has 4 nitrogen and oxygen atoms in total. The molecule has 0 heterocycles. The van der Waals surface area contributed by atoms with Gasteiger partial charge in [-0.1, -0.05) is 22.9 Å². The van der Waals surface area contributed by atoms with E-state index in [9.17, 15) is 8.42 Å². The number of hydrogen-bond acceptors (Lipinski definition) is 4. The van der Waals surface area contributed by atoms with Crippen LogP contribution in [0.15, 0.2) is 16.6 Å². The molecular formula is C14H22BrNO3S. The van der Waals surface area contributed by atoms with Gasteiger partial charge < -0.3 is 10.1 Å². The van der Waals surface area contributed by atoms with Gasteiger partial charge in [-0.2, -0.15) is 0 Å². The Bertz CT molecular complexity index is 544. The molecule has 0 aliphatic rings. The zero-order chi connectivity index (χ0) is 15.2. The molecule has 0 aliphatic heterocycles. The Morgan fingerprint density at radius 3 is 2.65 bits per heavy atom. The fraction of sp³-hybridized carbons (Fsp3) is 0.571. The molecule has 0 saturated heterocycles. The SMILES string of the molecule is CCNCc1cc(Br)cc(C)c1OCCCS(C)(=O)=O. The number of hydrogen-bond donors (Lipinski definition) is 1. The summed E-state index contributed by atoms with van der Waals surface area (Å²) < 4.78 is 29.0. The second-order valence-corrected chi connectivity index (χ2v) is 8.00. The maximum atomic E-state index is 11.1. The van der Waals surface area contributed by atoms with Gasteiger partial charge in [0.1, 0.15) is 15.6 Å². The van der Waals surface area contributed by atoms with E-state index in [1.807, 2.05) is 19.1 Å². The van der Waals surface area contributed by atoms with Gasteiger partial charge in [-0.25, -0.2) is 8.42 Å². The molecule has 114 valence electrons. The summed E-state index contributed by atoms with van der Waals surface area (Å²) in [5.74, 6) is 1.01. The minimum Gasteiger partial charge on any atom is -0.493 e. The molecule has 0 unspecified atom stereocenters. The molecule has 0 amide bonds. The molecule has 6 heteroatoms. The quantitative estimate of drug-likeness (QED) is 0.721. The summed E-state index contributed by atoms with van der Waals surface area (Å²) in [6, 6.07) is 4.03. The molecular weight excluding hydrogens is 342 g/mol. The summed E-state index contributed by atoms with van der Waals surface area (Å²) in [4.78, 5) is 0. The normalized spacial score (nSPS) is 11.6. The Kier molecular flexibility index (Phi) is 6.99. The third-order valence-electron chi connectivity index (χ3n) is 2.79. The van der Waals surface area contributed by atoms with Gasteiger partial charge in [-0.05, 0) is 37.6 Å². The van der Waals surface area contributed by atoms with Crippen molar-refractivity contribution in [2.24, 2.45) is 0 Å². The van der Waals surface area contributed by atoms with Crippen LogP contribution in [0.25, 0.3) is 0 Å². The van der Waals surface area contributed by atoms with E-state index < -0.39 is 9.84 Å². The standard InChI is InChI=1S/C14H22BrNO3S/c1-4-16-10-12-9-13(15)8-11(2)14(12)19-6-5-7-20(3,17)18/h8-9,16H,4-7,10H2,1-3H3. The summed E-state index contributed by atoms with van der Waals surface area (Å²) in [5, 5.41) is 3.28. The highest BCUT2D eigenvalue weighted by atomic mass is 79.9. The fourth-order valence-electron chi connectivity index (χ4n) is 1.89. The first kappa shape index (κ1) is 17.5. The number of benzene rings is 1. The minimum absolute atomic E-state index is 0.158. The Balaban J connectivity index is 2.72. The molecule has 0 fully saturated rings. The van der Waals surface area contributed by atoms with Crippen LogP contribution in [-0.4, -0.2) is 33.6 Å². The molecule has 0 atom stereocenters. The molecule has 0 aromatic heterocycles. The van der Waals surface area contributed by atoms with Crippen LogP contribution in [0.2, 0.25) is 0 Å². The third-order valence-corrected chi connectivity index (χ3v) is 4.28. The first-order valence-electron chi connectivity index (χ1n) is 6.63. The zero-order valence-electron chi connectivity index (χ0n) is 12.2. The third kappa shape index (κ3) is 6.24. The largest absolute Gasteiger partial charge is 0.493 e. The highest BCUT2D eigenvalue weighted by Gasteiger charge is 2.09. The first-order chi connectivity index (χ1) is 9.33. The van der Waals surface area contributed by atoms with Crippen molar-refractivity contribution in [3.63, 3.8) is 0 Å². The van der Waals surface area contributed by atoms with Crippen molar-refractivity contribution in [3.8, 4) is 5.75 Å². The van der Waals surface area contributed by atoms with Gasteiger partial charge in [0, 0.05) is 22.8 Å². The van der Waals surface area contributed by atoms with E-state index in [1.165, 1.54) is 6.26 Å². The molecule has 1 rings (SSSR count). The summed E-state index contributed by atoms with van der Waals surface area (Å²) in [6.07, 6.45) is 1.75. The molecule has 0 bridgehead atoms. The number of ether oxygens (including phenoxy) is 1. The van der Waals surface area contributed by atoms with Crippen LogP contribution in [0.1, 0.15) is 24.5 Å². The van der Waals surface area contributed by atoms with Crippen molar-refractivity contribution < 1.29 is 13.2 Å². The van der Waals surface area contributed by atoms with Crippen LogP contribution >= 0.6 is 15.9 Å². The first-order valence-corrected chi connectivity index (χ1v) is 9.49. The van der Waals surface area contributed by atoms with Gasteiger partial charge in [0.25, 0.3) is 0 Å². The molecule has 1 aromatic carbocycles. The van der Waals surface area contributed by atoms with Crippen molar-refractivity contribution in [1.82, 2.24) is 5.32 Å². The van der Waals surface area contributed by atoms with E-state index in [2.05, 4.69) is 28.2 Å². The highest BCUT2D eigenvalue weighted by molar-refractivity contribution is 9.10. The lowest BCUT2D eigenvalue weighted by molar-refractivity contribution is 0.311. The molecule has 20 heavy (non-hydrogen) atoms. The lowest BCUT2D eigenvalue weighted by Gasteiger charge is -2.15. The lowest BCUT2D eigenvalue weighted by atomic mass is 10.1. The van der Waals surface area contributed by atoms with E-state index in [0.29, 0.717) is 13.0 Å². The van der Waals surface area contributed by atoms with Gasteiger partial charge in [0.15, 0.2) is 0 Å². The van der Waals surface area contributed by atoms with Crippen LogP contribution in [0.4, 0.5) is 0 Å². The molecule has 0 radical (unpaired) electrons. The summed E-state index contributed by atoms with van der Waals surface area (Å²) in [7, 11) is -2.92. The number of aryl methyl sites for hydroxylation is 1. The molecule has 1 aromatic rings. The van der Waals surface area contributed by atoms with Crippen LogP contribution in [-0.2, 0) is 16.4 Å². The second-order valence-electron chi connectivity index (χ2n) is 4.82. The Morgan fingerprint density at radius 2 is 2.05 bits per heavy atom. The van der Waals surface area contributed by atoms with Crippen molar-refractivity contribution in [2.75, 3.05) is 25.2 Å². The fourth-order valence-corrected chi connectivity index (χ4v) is 3.15. The van der Waals surface area contributed by atoms with Crippen molar-refractivity contribution in [3.05, 3.63) is 27.7 Å². The van der Waals surface area contributed by atoms with Crippen LogP contribution in [0, 0.1) is 6.92 Å². The molecule has 0 saturated carbocycles. The van der Waals surface area contributed by atoms with E-state index in [-0.39, 0.29) is 5.75 Å². The Labute approximate surface area is 130 Å². The monoisotopic (exact) mass is 363 g/mol. The smallest absolute Gasteiger partial charge is 0.147 e. The number of rotatable bonds is 8. The predicted octanol–water partition coefficient (Wildman–Crippen LogP) is 2.68. The Morgan fingerprint density at radius 1 is 1.35 bits per heavy atom. The van der Waals surface area contributed by atoms with Gasteiger partial charge in [0.2, 0.25) is 0 Å². The highest BCUT2D eigenvalue weighted by Crippen LogP contribution is 2.28. The van der Waals surface area contributed by atoms with Crippen molar-refractivity contribution >= 4 is 25.8 Å². The zero-order valence-corrected chi connectivity index (χ0v) is 14.6. The van der Waals surface area contributed by atoms with E-state index in [4.69, 9.17) is 4.74 Å². The van der Waals surface area contributed by atoms with Crippen molar-refractivity contribution in [1.29, 1.82) is 0 Å². The van der Waals surface area contributed by atoms with Crippen LogP contribution < -0.4 is 10.1 Å². The van der Waals surface area contributed by atoms with Crippen LogP contribution in [0.5, 0.6) is 5.75 Å². The topological polar surface area (TPSA) is 55.4 Å². The van der Waals surface area contributed by atoms with Crippen molar-refractivity contribution in [2.45, 2.75) is 26.8 Å². The number of sulfone groups is 1. The molecule has 0 spiro atoms. The van der Waals surface area contributed by atoms with Gasteiger partial charge in [-0.15, -0.1) is 0 Å². The summed E-state index contributed by atoms with van der Waals surface area (Å²) in [5.41, 5.74) is 2.13. The van der Waals surface area contributed by atoms with E-state index in [0.717, 1.165) is 34.4 Å². The van der Waals surface area contributed by atoms with E-state index in [1.54, 1.807) is 0 Å². The molecule has 0 aliphatic carbocycles. The predicted molar refractivity (Wildman–Crippen MR) is 86.1 cm³/mol. The average molecular weight is 364 g/mol. The van der Waals surface area contributed by atoms with Gasteiger partial charge in [-0.3, -0.25) is 0 Å². The molecule has 1 N–H and O–H groups in total. The van der Waals surface area contributed by atoms with Crippen LogP contribution in [0.3, 0.4) is 0 Å². The minimum atomic E-state index is -2.92. The van der Waals surface area contributed by atoms with E-state index >= 15 is 0 Å². The van der Waals surface area contributed by atoms with Gasteiger partial charge >= 0.3 is 0 Å². The number of nitrogens with one attached hydrogen (secondary N) is 1. The maximum Gasteiger partial charge on any atom is 0.147 e. The van der Waals surface area contributed by atoms with Gasteiger partial charge in [0.05, 0.1) is 12.4 Å². The summed E-state index contributed by atoms with van der Waals surface area (Å²) in [6.45, 7) is 6.08. The summed E-state index contributed by atoms with van der Waals surface area (Å²) >= 11 is 3.48. The second kappa shape index (κ2) is 8.00.